The van der Waals surface area contributed by atoms with Crippen LogP contribution in [0.5, 0.6) is 0 Å². The zero-order valence-electron chi connectivity index (χ0n) is 5.92. The summed E-state index contributed by atoms with van der Waals surface area (Å²) >= 11 is 0. The van der Waals surface area contributed by atoms with Crippen LogP contribution in [0.1, 0.15) is 13.8 Å². The van der Waals surface area contributed by atoms with E-state index in [9.17, 15) is 13.2 Å². The molecule has 0 atom stereocenters. The normalized spacial score (nSPS) is 13.5. The topological polar surface area (TPSA) is 0 Å². The Morgan fingerprint density at radius 1 is 1.40 bits per heavy atom. The molecule has 0 heterocycles. The highest BCUT2D eigenvalue weighted by molar-refractivity contribution is 5.29. The molecular formula is C7H9F3. The van der Waals surface area contributed by atoms with E-state index in [2.05, 4.69) is 6.58 Å². The van der Waals surface area contributed by atoms with Crippen LogP contribution in [-0.4, -0.2) is 6.18 Å². The Hall–Kier alpha value is -0.730. The Morgan fingerprint density at radius 3 is 1.90 bits per heavy atom. The van der Waals surface area contributed by atoms with Gasteiger partial charge in [0.2, 0.25) is 0 Å². The molecule has 0 spiro atoms. The number of allylic oxidation sites excluding steroid dienone is 3. The number of alkyl halides is 3. The summed E-state index contributed by atoms with van der Waals surface area (Å²) in [6.45, 7) is 5.84. The lowest BCUT2D eigenvalue weighted by Crippen LogP contribution is -2.11. The summed E-state index contributed by atoms with van der Waals surface area (Å²) in [5.41, 5.74) is -0.595. The van der Waals surface area contributed by atoms with E-state index in [0.717, 1.165) is 0 Å². The van der Waals surface area contributed by atoms with Crippen molar-refractivity contribution in [2.24, 2.45) is 0 Å². The zero-order valence-corrected chi connectivity index (χ0v) is 5.92. The average Bonchev–Trinajstić information content (AvgIpc) is 1.83. The van der Waals surface area contributed by atoms with Gasteiger partial charge >= 0.3 is 6.18 Å². The van der Waals surface area contributed by atoms with Gasteiger partial charge in [0, 0.05) is 0 Å². The van der Waals surface area contributed by atoms with Crippen molar-refractivity contribution in [3.63, 3.8) is 0 Å². The minimum absolute atomic E-state index is 0.174. The first kappa shape index (κ1) is 9.27. The lowest BCUT2D eigenvalue weighted by molar-refractivity contribution is -0.0889. The lowest BCUT2D eigenvalue weighted by Gasteiger charge is -2.08. The molecule has 0 aliphatic carbocycles. The van der Waals surface area contributed by atoms with Crippen LogP contribution in [0.4, 0.5) is 13.2 Å². The fraction of sp³-hybridized carbons (Fsp3) is 0.429. The van der Waals surface area contributed by atoms with Gasteiger partial charge in [-0.15, -0.1) is 0 Å². The molecular weight excluding hydrogens is 141 g/mol. The van der Waals surface area contributed by atoms with Crippen LogP contribution in [0.15, 0.2) is 23.8 Å². The fourth-order valence-corrected chi connectivity index (χ4v) is 0.398. The summed E-state index contributed by atoms with van der Waals surface area (Å²) in [4.78, 5) is 0. The van der Waals surface area contributed by atoms with Crippen molar-refractivity contribution in [2.75, 3.05) is 0 Å². The second kappa shape index (κ2) is 2.90. The van der Waals surface area contributed by atoms with Gasteiger partial charge in [-0.3, -0.25) is 0 Å². The van der Waals surface area contributed by atoms with E-state index < -0.39 is 11.7 Å². The molecule has 0 N–H and O–H groups in total. The molecule has 0 aliphatic heterocycles. The Labute approximate surface area is 58.0 Å². The third-order valence-electron chi connectivity index (χ3n) is 1.25. The van der Waals surface area contributed by atoms with Gasteiger partial charge in [-0.25, -0.2) is 0 Å². The van der Waals surface area contributed by atoms with Gasteiger partial charge in [0.05, 0.1) is 5.57 Å². The Balaban J connectivity index is 4.39. The monoisotopic (exact) mass is 150 g/mol. The van der Waals surface area contributed by atoms with Crippen molar-refractivity contribution in [1.29, 1.82) is 0 Å². The summed E-state index contributed by atoms with van der Waals surface area (Å²) in [6, 6.07) is 0. The molecule has 3 heteroatoms. The summed E-state index contributed by atoms with van der Waals surface area (Å²) in [5, 5.41) is 0. The van der Waals surface area contributed by atoms with Crippen LogP contribution in [0.2, 0.25) is 0 Å². The van der Waals surface area contributed by atoms with Crippen LogP contribution < -0.4 is 0 Å². The first-order valence-electron chi connectivity index (χ1n) is 2.79. The Bertz CT molecular complexity index is 162. The van der Waals surface area contributed by atoms with E-state index in [1.54, 1.807) is 6.92 Å². The molecule has 0 aromatic rings. The van der Waals surface area contributed by atoms with Crippen molar-refractivity contribution in [3.05, 3.63) is 23.8 Å². The number of hydrogen-bond donors (Lipinski definition) is 0. The molecule has 0 fully saturated rings. The Morgan fingerprint density at radius 2 is 1.80 bits per heavy atom. The van der Waals surface area contributed by atoms with Crippen LogP contribution in [0, 0.1) is 0 Å². The summed E-state index contributed by atoms with van der Waals surface area (Å²) in [5.74, 6) is 0. The molecule has 0 amide bonds. The van der Waals surface area contributed by atoms with E-state index in [0.29, 0.717) is 0 Å². The van der Waals surface area contributed by atoms with Crippen LogP contribution >= 0.6 is 0 Å². The van der Waals surface area contributed by atoms with E-state index >= 15 is 0 Å². The summed E-state index contributed by atoms with van der Waals surface area (Å²) in [7, 11) is 0. The quantitative estimate of drug-likeness (QED) is 0.504. The van der Waals surface area contributed by atoms with Gasteiger partial charge in [0.25, 0.3) is 0 Å². The van der Waals surface area contributed by atoms with Crippen molar-refractivity contribution in [3.8, 4) is 0 Å². The lowest BCUT2D eigenvalue weighted by atomic mass is 10.1. The highest BCUT2D eigenvalue weighted by Crippen LogP contribution is 2.28. The highest BCUT2D eigenvalue weighted by Gasteiger charge is 2.32. The maximum absolute atomic E-state index is 11.7. The minimum Gasteiger partial charge on any atom is -0.166 e. The molecule has 0 radical (unpaired) electrons. The molecule has 0 aromatic heterocycles. The number of hydrogen-bond acceptors (Lipinski definition) is 0. The van der Waals surface area contributed by atoms with Gasteiger partial charge in [0.1, 0.15) is 0 Å². The molecule has 0 saturated carbocycles. The standard InChI is InChI=1S/C7H9F3/c1-4-5(2)6(3)7(8,9)10/h4H,3H2,1-2H3/b5-4-. The molecule has 0 aliphatic rings. The predicted molar refractivity (Wildman–Crippen MR) is 34.6 cm³/mol. The van der Waals surface area contributed by atoms with Crippen LogP contribution in [0.3, 0.4) is 0 Å². The third kappa shape index (κ3) is 2.25. The summed E-state index contributed by atoms with van der Waals surface area (Å²) in [6.07, 6.45) is -2.90. The molecule has 0 aromatic carbocycles. The molecule has 0 rings (SSSR count). The third-order valence-corrected chi connectivity index (χ3v) is 1.25. The molecule has 10 heavy (non-hydrogen) atoms. The van der Waals surface area contributed by atoms with Gasteiger partial charge in [0.15, 0.2) is 0 Å². The fourth-order valence-electron chi connectivity index (χ4n) is 0.398. The second-order valence-corrected chi connectivity index (χ2v) is 1.95. The van der Waals surface area contributed by atoms with Gasteiger partial charge in [-0.05, 0) is 19.4 Å². The number of rotatable bonds is 1. The van der Waals surface area contributed by atoms with Crippen molar-refractivity contribution in [1.82, 2.24) is 0 Å². The summed E-state index contributed by atoms with van der Waals surface area (Å²) < 4.78 is 35.2. The predicted octanol–water partition coefficient (Wildman–Crippen LogP) is 3.07. The first-order valence-corrected chi connectivity index (χ1v) is 2.79. The maximum Gasteiger partial charge on any atom is 0.416 e. The van der Waals surface area contributed by atoms with Gasteiger partial charge in [-0.1, -0.05) is 12.7 Å². The molecule has 0 nitrogen and oxygen atoms in total. The highest BCUT2D eigenvalue weighted by atomic mass is 19.4. The van der Waals surface area contributed by atoms with Crippen molar-refractivity contribution in [2.45, 2.75) is 20.0 Å². The molecule has 58 valence electrons. The van der Waals surface area contributed by atoms with Crippen molar-refractivity contribution >= 4 is 0 Å². The molecule has 0 unspecified atom stereocenters. The largest absolute Gasteiger partial charge is 0.416 e. The van der Waals surface area contributed by atoms with E-state index in [-0.39, 0.29) is 5.57 Å². The van der Waals surface area contributed by atoms with Crippen LogP contribution in [0.25, 0.3) is 0 Å². The first-order chi connectivity index (χ1) is 4.39. The number of halogens is 3. The smallest absolute Gasteiger partial charge is 0.166 e. The van der Waals surface area contributed by atoms with E-state index in [4.69, 9.17) is 0 Å². The average molecular weight is 150 g/mol. The molecule has 0 bridgehead atoms. The van der Waals surface area contributed by atoms with Crippen molar-refractivity contribution < 1.29 is 13.2 Å². The second-order valence-electron chi connectivity index (χ2n) is 1.95. The molecule has 0 saturated heterocycles. The zero-order chi connectivity index (χ0) is 8.36. The van der Waals surface area contributed by atoms with E-state index in [1.165, 1.54) is 13.0 Å². The minimum atomic E-state index is -4.28. The van der Waals surface area contributed by atoms with Crippen LogP contribution in [-0.2, 0) is 0 Å². The van der Waals surface area contributed by atoms with Gasteiger partial charge < -0.3 is 0 Å². The maximum atomic E-state index is 11.7. The Kier molecular flexibility index (Phi) is 2.69. The van der Waals surface area contributed by atoms with E-state index in [1.807, 2.05) is 0 Å². The SMILES string of the molecule is C=C(/C(C)=C\C)C(F)(F)F. The van der Waals surface area contributed by atoms with Gasteiger partial charge in [-0.2, -0.15) is 13.2 Å².